The van der Waals surface area contributed by atoms with Gasteiger partial charge >= 0.3 is 0 Å². The van der Waals surface area contributed by atoms with Gasteiger partial charge in [0.2, 0.25) is 0 Å². The van der Waals surface area contributed by atoms with Gasteiger partial charge in [-0.1, -0.05) is 68.8 Å². The number of likely N-dealkylation sites (tertiary alicyclic amines) is 1. The first kappa shape index (κ1) is 25.2. The lowest BCUT2D eigenvalue weighted by molar-refractivity contribution is 0.111. The van der Waals surface area contributed by atoms with Gasteiger partial charge in [-0.05, 0) is 74.9 Å². The molecule has 3 unspecified atom stereocenters. The number of rotatable bonds is 8. The summed E-state index contributed by atoms with van der Waals surface area (Å²) in [4.78, 5) is 13.8. The lowest BCUT2D eigenvalue weighted by Gasteiger charge is -2.41. The molecule has 0 spiro atoms. The lowest BCUT2D eigenvalue weighted by Crippen LogP contribution is -2.47. The number of aryl methyl sites for hydroxylation is 3. The van der Waals surface area contributed by atoms with Crippen LogP contribution in [0.4, 0.5) is 0 Å². The van der Waals surface area contributed by atoms with Crippen LogP contribution in [0.1, 0.15) is 84.1 Å². The van der Waals surface area contributed by atoms with Gasteiger partial charge in [0, 0.05) is 34.4 Å². The third-order valence-electron chi connectivity index (χ3n) is 8.13. The Kier molecular flexibility index (Phi) is 7.93. The van der Waals surface area contributed by atoms with E-state index < -0.39 is 0 Å². The highest BCUT2D eigenvalue weighted by Gasteiger charge is 2.41. The van der Waals surface area contributed by atoms with Crippen molar-refractivity contribution in [2.75, 3.05) is 19.6 Å². The Bertz CT molecular complexity index is 1160. The van der Waals surface area contributed by atoms with Gasteiger partial charge in [0.05, 0.1) is 6.04 Å². The van der Waals surface area contributed by atoms with Crippen LogP contribution in [0, 0.1) is 6.92 Å². The average Bonchev–Trinajstić information content (AvgIpc) is 3.51. The number of thiophene rings is 1. The van der Waals surface area contributed by atoms with Gasteiger partial charge in [0.25, 0.3) is 0 Å². The summed E-state index contributed by atoms with van der Waals surface area (Å²) in [6.07, 6.45) is 5.93. The van der Waals surface area contributed by atoms with Gasteiger partial charge in [-0.15, -0.1) is 11.3 Å². The number of piperidine rings is 1. The Balaban J connectivity index is 1.55. The second-order valence-corrected chi connectivity index (χ2v) is 11.6. The zero-order valence-electron chi connectivity index (χ0n) is 22.4. The third kappa shape index (κ3) is 4.90. The highest BCUT2D eigenvalue weighted by Crippen LogP contribution is 2.40. The largest absolute Gasteiger partial charge is 0.350 e. The summed E-state index contributed by atoms with van der Waals surface area (Å²) in [6, 6.07) is 23.6. The molecule has 0 saturated carbocycles. The van der Waals surface area contributed by atoms with Crippen LogP contribution in [0.2, 0.25) is 0 Å². The molecule has 3 aromatic rings. The normalized spacial score (nSPS) is 22.7. The molecular weight excluding hydrogens is 458 g/mol. The van der Waals surface area contributed by atoms with Crippen LogP contribution in [-0.4, -0.2) is 41.3 Å². The molecule has 5 rings (SSSR count). The summed E-state index contributed by atoms with van der Waals surface area (Å²) >= 11 is 1.93. The molecule has 0 amide bonds. The smallest absolute Gasteiger partial charge is 0.132 e. The second kappa shape index (κ2) is 11.3. The highest BCUT2D eigenvalue weighted by atomic mass is 32.1. The Morgan fingerprint density at radius 1 is 0.889 bits per heavy atom. The fraction of sp³-hybridized carbons (Fsp3) is 0.469. The first-order chi connectivity index (χ1) is 17.6. The molecule has 0 N–H and O–H groups in total. The van der Waals surface area contributed by atoms with Crippen LogP contribution < -0.4 is 0 Å². The summed E-state index contributed by atoms with van der Waals surface area (Å²) in [6.45, 7) is 12.3. The molecule has 3 nitrogen and oxygen atoms in total. The Hall–Kier alpha value is -2.43. The molecule has 3 heterocycles. The predicted molar refractivity (Wildman–Crippen MR) is 154 cm³/mol. The van der Waals surface area contributed by atoms with E-state index in [-0.39, 0.29) is 6.04 Å². The fourth-order valence-corrected chi connectivity index (χ4v) is 7.28. The van der Waals surface area contributed by atoms with E-state index in [1.165, 1.54) is 63.7 Å². The van der Waals surface area contributed by atoms with Crippen molar-refractivity contribution in [1.29, 1.82) is 0 Å². The lowest BCUT2D eigenvalue weighted by atomic mass is 9.93. The van der Waals surface area contributed by atoms with E-state index in [0.717, 1.165) is 25.9 Å². The Morgan fingerprint density at radius 2 is 1.64 bits per heavy atom. The van der Waals surface area contributed by atoms with E-state index in [0.29, 0.717) is 12.1 Å². The van der Waals surface area contributed by atoms with Crippen molar-refractivity contribution in [2.24, 2.45) is 4.99 Å². The molecule has 0 bridgehead atoms. The Labute approximate surface area is 221 Å². The van der Waals surface area contributed by atoms with E-state index in [2.05, 4.69) is 98.2 Å². The molecule has 2 aromatic carbocycles. The van der Waals surface area contributed by atoms with E-state index >= 15 is 0 Å². The van der Waals surface area contributed by atoms with Gasteiger partial charge in [0.15, 0.2) is 0 Å². The number of hydrogen-bond acceptors (Lipinski definition) is 4. The van der Waals surface area contributed by atoms with Crippen LogP contribution in [0.15, 0.2) is 65.7 Å². The summed E-state index contributed by atoms with van der Waals surface area (Å²) in [5.41, 5.74) is 5.71. The molecule has 1 saturated heterocycles. The number of aliphatic imine (C=N–C) groups is 1. The van der Waals surface area contributed by atoms with Crippen molar-refractivity contribution in [3.8, 4) is 0 Å². The summed E-state index contributed by atoms with van der Waals surface area (Å²) < 4.78 is 0. The minimum absolute atomic E-state index is 0.187. The average molecular weight is 500 g/mol. The molecule has 3 atom stereocenters. The number of benzene rings is 2. The maximum atomic E-state index is 5.58. The molecule has 4 heteroatoms. The summed E-state index contributed by atoms with van der Waals surface area (Å²) in [7, 11) is 0. The molecule has 2 aliphatic heterocycles. The van der Waals surface area contributed by atoms with Gasteiger partial charge in [-0.25, -0.2) is 0 Å². The van der Waals surface area contributed by atoms with Gasteiger partial charge in [-0.2, -0.15) is 0 Å². The van der Waals surface area contributed by atoms with Crippen LogP contribution >= 0.6 is 11.3 Å². The van der Waals surface area contributed by atoms with Crippen LogP contribution in [-0.2, 0) is 12.8 Å². The standard InChI is InChI=1S/C32H41N3S/c1-5-24-16-13-17-25(6-2)30(24)32-33-31(29-20-19-23(4)36-29)28(35(32)7-3)22-34-21-12-11-18-27(34)26-14-9-8-10-15-26/h8-10,13-17,19-20,27-28,31H,5-7,11-12,18,21-22H2,1-4H3. The van der Waals surface area contributed by atoms with E-state index in [4.69, 9.17) is 4.99 Å². The van der Waals surface area contributed by atoms with Crippen molar-refractivity contribution in [1.82, 2.24) is 9.80 Å². The van der Waals surface area contributed by atoms with Crippen molar-refractivity contribution in [2.45, 2.75) is 77.9 Å². The quantitative estimate of drug-likeness (QED) is 0.318. The van der Waals surface area contributed by atoms with Crippen LogP contribution in [0.3, 0.4) is 0 Å². The first-order valence-corrected chi connectivity index (χ1v) is 14.8. The van der Waals surface area contributed by atoms with E-state index in [9.17, 15) is 0 Å². The van der Waals surface area contributed by atoms with E-state index in [1.807, 2.05) is 11.3 Å². The number of likely N-dealkylation sites (N-methyl/N-ethyl adjacent to an activating group) is 1. The third-order valence-corrected chi connectivity index (χ3v) is 9.20. The maximum absolute atomic E-state index is 5.58. The zero-order chi connectivity index (χ0) is 25.1. The minimum Gasteiger partial charge on any atom is -0.350 e. The van der Waals surface area contributed by atoms with Crippen molar-refractivity contribution >= 4 is 17.2 Å². The molecule has 1 fully saturated rings. The topological polar surface area (TPSA) is 18.8 Å². The molecular formula is C32H41N3S. The Morgan fingerprint density at radius 3 is 2.28 bits per heavy atom. The molecule has 0 radical (unpaired) electrons. The molecule has 2 aliphatic rings. The van der Waals surface area contributed by atoms with Gasteiger partial charge in [-0.3, -0.25) is 9.89 Å². The van der Waals surface area contributed by atoms with Crippen molar-refractivity contribution < 1.29 is 0 Å². The van der Waals surface area contributed by atoms with E-state index in [1.54, 1.807) is 0 Å². The molecule has 190 valence electrons. The highest BCUT2D eigenvalue weighted by molar-refractivity contribution is 7.12. The number of nitrogens with zero attached hydrogens (tertiary/aromatic N) is 3. The van der Waals surface area contributed by atoms with Crippen LogP contribution in [0.5, 0.6) is 0 Å². The van der Waals surface area contributed by atoms with Crippen molar-refractivity contribution in [3.05, 3.63) is 92.7 Å². The maximum Gasteiger partial charge on any atom is 0.132 e. The second-order valence-electron chi connectivity index (χ2n) is 10.3. The number of hydrogen-bond donors (Lipinski definition) is 0. The van der Waals surface area contributed by atoms with Gasteiger partial charge < -0.3 is 4.90 Å². The van der Waals surface area contributed by atoms with Crippen molar-refractivity contribution in [3.63, 3.8) is 0 Å². The fourth-order valence-electron chi connectivity index (χ4n) is 6.31. The monoisotopic (exact) mass is 499 g/mol. The molecule has 1 aromatic heterocycles. The molecule has 0 aliphatic carbocycles. The SMILES string of the molecule is CCc1cccc(CC)c1C1=NC(c2ccc(C)s2)C(CN2CCCCC2c2ccccc2)N1CC. The predicted octanol–water partition coefficient (Wildman–Crippen LogP) is 7.60. The van der Waals surface area contributed by atoms with Crippen LogP contribution in [0.25, 0.3) is 0 Å². The zero-order valence-corrected chi connectivity index (χ0v) is 23.2. The summed E-state index contributed by atoms with van der Waals surface area (Å²) in [5.74, 6) is 1.22. The summed E-state index contributed by atoms with van der Waals surface area (Å²) in [5, 5.41) is 0. The van der Waals surface area contributed by atoms with Gasteiger partial charge in [0.1, 0.15) is 11.9 Å². The minimum atomic E-state index is 0.187. The molecule has 36 heavy (non-hydrogen) atoms. The first-order valence-electron chi connectivity index (χ1n) is 13.9. The number of amidine groups is 1.